The molecule has 18 heavy (non-hydrogen) atoms. The molecule has 0 unspecified atom stereocenters. The Morgan fingerprint density at radius 3 is 2.44 bits per heavy atom. The summed E-state index contributed by atoms with van der Waals surface area (Å²) < 4.78 is 35.5. The van der Waals surface area contributed by atoms with Gasteiger partial charge in [0.05, 0.1) is 0 Å². The first kappa shape index (κ1) is 14.6. The van der Waals surface area contributed by atoms with Crippen LogP contribution in [-0.4, -0.2) is 24.9 Å². The molecule has 0 aliphatic heterocycles. The smallest absolute Gasteiger partial charge is 0.343 e. The van der Waals surface area contributed by atoms with Crippen LogP contribution in [0.1, 0.15) is 5.56 Å². The molecule has 0 saturated heterocycles. The Kier molecular flexibility index (Phi) is 5.27. The second-order valence-electron chi connectivity index (χ2n) is 3.44. The van der Waals surface area contributed by atoms with E-state index in [9.17, 15) is 18.0 Å². The van der Waals surface area contributed by atoms with E-state index in [1.165, 1.54) is 6.08 Å². The number of hydrogen-bond donors (Lipinski definition) is 1. The maximum Gasteiger partial charge on any atom is 0.405 e. The van der Waals surface area contributed by atoms with Gasteiger partial charge < -0.3 is 5.32 Å². The molecule has 2 nitrogen and oxygen atoms in total. The van der Waals surface area contributed by atoms with Crippen LogP contribution in [0.5, 0.6) is 0 Å². The lowest BCUT2D eigenvalue weighted by atomic mass is 10.2. The third kappa shape index (κ3) is 5.77. The number of rotatable bonds is 4. The highest BCUT2D eigenvalue weighted by atomic mass is 32.2. The van der Waals surface area contributed by atoms with Gasteiger partial charge in [-0.2, -0.15) is 13.2 Å². The van der Waals surface area contributed by atoms with E-state index in [-0.39, 0.29) is 0 Å². The van der Waals surface area contributed by atoms with E-state index in [1.807, 2.05) is 18.4 Å². The van der Waals surface area contributed by atoms with E-state index in [1.54, 1.807) is 29.2 Å². The van der Waals surface area contributed by atoms with Crippen LogP contribution in [0.25, 0.3) is 6.08 Å². The number of halogens is 3. The summed E-state index contributed by atoms with van der Waals surface area (Å²) in [6, 6.07) is 7.33. The molecular formula is C12H12F3NOS. The number of benzene rings is 1. The van der Waals surface area contributed by atoms with Crippen molar-refractivity contribution in [1.82, 2.24) is 5.32 Å². The quantitative estimate of drug-likeness (QED) is 0.676. The fourth-order valence-electron chi connectivity index (χ4n) is 1.13. The van der Waals surface area contributed by atoms with E-state index in [0.717, 1.165) is 16.5 Å². The maximum atomic E-state index is 11.8. The van der Waals surface area contributed by atoms with Crippen LogP contribution in [0.4, 0.5) is 13.2 Å². The molecule has 1 aromatic carbocycles. The van der Waals surface area contributed by atoms with Crippen molar-refractivity contribution in [2.45, 2.75) is 11.1 Å². The number of nitrogens with one attached hydrogen (secondary N) is 1. The summed E-state index contributed by atoms with van der Waals surface area (Å²) in [5.41, 5.74) is 0.759. The highest BCUT2D eigenvalue weighted by Gasteiger charge is 2.27. The largest absolute Gasteiger partial charge is 0.405 e. The van der Waals surface area contributed by atoms with Gasteiger partial charge in [0.1, 0.15) is 6.54 Å². The van der Waals surface area contributed by atoms with E-state index in [4.69, 9.17) is 0 Å². The fourth-order valence-corrected chi connectivity index (χ4v) is 1.54. The Morgan fingerprint density at radius 1 is 1.33 bits per heavy atom. The summed E-state index contributed by atoms with van der Waals surface area (Å²) in [7, 11) is 0. The van der Waals surface area contributed by atoms with Crippen LogP contribution in [0.2, 0.25) is 0 Å². The minimum absolute atomic E-state index is 0.759. The summed E-state index contributed by atoms with van der Waals surface area (Å²) in [6.45, 7) is -1.32. The summed E-state index contributed by atoms with van der Waals surface area (Å²) in [4.78, 5) is 12.2. The molecular weight excluding hydrogens is 263 g/mol. The molecule has 1 amide bonds. The van der Waals surface area contributed by atoms with Gasteiger partial charge in [-0.05, 0) is 30.0 Å². The summed E-state index contributed by atoms with van der Waals surface area (Å²) in [5.74, 6) is -0.763. The van der Waals surface area contributed by atoms with Gasteiger partial charge in [-0.1, -0.05) is 12.1 Å². The number of hydrogen-bond acceptors (Lipinski definition) is 2. The molecule has 98 valence electrons. The number of carbonyl (C=O) groups excluding carboxylic acids is 1. The minimum Gasteiger partial charge on any atom is -0.343 e. The lowest BCUT2D eigenvalue weighted by molar-refractivity contribution is -0.135. The van der Waals surface area contributed by atoms with Gasteiger partial charge in [0.2, 0.25) is 5.91 Å². The molecule has 0 bridgehead atoms. The molecule has 6 heteroatoms. The van der Waals surface area contributed by atoms with E-state index >= 15 is 0 Å². The van der Waals surface area contributed by atoms with Crippen LogP contribution in [-0.2, 0) is 4.79 Å². The van der Waals surface area contributed by atoms with Gasteiger partial charge in [0.25, 0.3) is 0 Å². The molecule has 0 aliphatic rings. The molecule has 0 radical (unpaired) electrons. The number of carbonyl (C=O) groups is 1. The summed E-state index contributed by atoms with van der Waals surface area (Å²) in [5, 5.41) is 1.76. The zero-order valence-corrected chi connectivity index (χ0v) is 10.4. The maximum absolute atomic E-state index is 11.8. The van der Waals surface area contributed by atoms with Crippen molar-refractivity contribution in [3.63, 3.8) is 0 Å². The molecule has 0 atom stereocenters. The second kappa shape index (κ2) is 6.49. The van der Waals surface area contributed by atoms with E-state index < -0.39 is 18.6 Å². The van der Waals surface area contributed by atoms with E-state index in [0.29, 0.717) is 0 Å². The standard InChI is InChI=1S/C12H12F3NOS/c1-18-10-5-2-9(3-6-10)4-7-11(17)16-8-12(13,14)15/h2-7H,8H2,1H3,(H,16,17)/b7-4+. The molecule has 0 aliphatic carbocycles. The fraction of sp³-hybridized carbons (Fsp3) is 0.250. The molecule has 1 rings (SSSR count). The first-order chi connectivity index (χ1) is 8.40. The van der Waals surface area contributed by atoms with Crippen LogP contribution in [0, 0.1) is 0 Å². The Hall–Kier alpha value is -1.43. The average Bonchev–Trinajstić information content (AvgIpc) is 2.33. The van der Waals surface area contributed by atoms with Crippen LogP contribution >= 0.6 is 11.8 Å². The summed E-state index contributed by atoms with van der Waals surface area (Å²) >= 11 is 1.58. The van der Waals surface area contributed by atoms with Crippen LogP contribution in [0.3, 0.4) is 0 Å². The van der Waals surface area contributed by atoms with Gasteiger partial charge in [-0.15, -0.1) is 11.8 Å². The summed E-state index contributed by atoms with van der Waals surface area (Å²) in [6.07, 6.45) is 0.106. The van der Waals surface area contributed by atoms with Gasteiger partial charge >= 0.3 is 6.18 Å². The molecule has 0 saturated carbocycles. The number of amides is 1. The van der Waals surface area contributed by atoms with Gasteiger partial charge in [0.15, 0.2) is 0 Å². The van der Waals surface area contributed by atoms with Crippen molar-refractivity contribution in [3.05, 3.63) is 35.9 Å². The molecule has 0 spiro atoms. The Morgan fingerprint density at radius 2 is 1.94 bits per heavy atom. The molecule has 0 aromatic heterocycles. The van der Waals surface area contributed by atoms with Crippen molar-refractivity contribution >= 4 is 23.7 Å². The molecule has 1 N–H and O–H groups in total. The Labute approximate surface area is 107 Å². The predicted octanol–water partition coefficient (Wildman–Crippen LogP) is 3.10. The SMILES string of the molecule is CSc1ccc(/C=C/C(=O)NCC(F)(F)F)cc1. The first-order valence-corrected chi connectivity index (χ1v) is 6.30. The highest BCUT2D eigenvalue weighted by Crippen LogP contribution is 2.15. The molecule has 1 aromatic rings. The van der Waals surface area contributed by atoms with Gasteiger partial charge in [-0.25, -0.2) is 0 Å². The van der Waals surface area contributed by atoms with Crippen molar-refractivity contribution in [2.24, 2.45) is 0 Å². The van der Waals surface area contributed by atoms with Crippen LogP contribution < -0.4 is 5.32 Å². The topological polar surface area (TPSA) is 29.1 Å². The second-order valence-corrected chi connectivity index (χ2v) is 4.32. The lowest BCUT2D eigenvalue weighted by Gasteiger charge is -2.05. The van der Waals surface area contributed by atoms with Crippen molar-refractivity contribution in [2.75, 3.05) is 12.8 Å². The predicted molar refractivity (Wildman–Crippen MR) is 66.3 cm³/mol. The number of thioether (sulfide) groups is 1. The van der Waals surface area contributed by atoms with Crippen molar-refractivity contribution in [3.8, 4) is 0 Å². The first-order valence-electron chi connectivity index (χ1n) is 5.07. The minimum atomic E-state index is -4.39. The average molecular weight is 275 g/mol. The lowest BCUT2D eigenvalue weighted by Crippen LogP contribution is -2.32. The van der Waals surface area contributed by atoms with Crippen molar-refractivity contribution in [1.29, 1.82) is 0 Å². The molecule has 0 fully saturated rings. The highest BCUT2D eigenvalue weighted by molar-refractivity contribution is 7.98. The van der Waals surface area contributed by atoms with Crippen molar-refractivity contribution < 1.29 is 18.0 Å². The third-order valence-electron chi connectivity index (χ3n) is 2.01. The Bertz CT molecular complexity index is 426. The van der Waals surface area contributed by atoms with Crippen LogP contribution in [0.15, 0.2) is 35.2 Å². The van der Waals surface area contributed by atoms with E-state index in [2.05, 4.69) is 0 Å². The Balaban J connectivity index is 2.50. The number of alkyl halides is 3. The monoisotopic (exact) mass is 275 g/mol. The zero-order valence-electron chi connectivity index (χ0n) is 9.62. The third-order valence-corrected chi connectivity index (χ3v) is 2.75. The normalized spacial score (nSPS) is 11.8. The zero-order chi connectivity index (χ0) is 13.6. The molecule has 0 heterocycles. The van der Waals surface area contributed by atoms with Gasteiger partial charge in [0, 0.05) is 11.0 Å². The van der Waals surface area contributed by atoms with Gasteiger partial charge in [-0.3, -0.25) is 4.79 Å².